The maximum absolute atomic E-state index is 13.3. The molecule has 0 saturated carbocycles. The highest BCUT2D eigenvalue weighted by Crippen LogP contribution is 2.13. The number of anilines is 1. The molecular weight excluding hydrogens is 241 g/mol. The number of hydrogen-bond acceptors (Lipinski definition) is 2. The Morgan fingerprint density at radius 2 is 1.79 bits per heavy atom. The molecule has 0 aliphatic heterocycles. The van der Waals surface area contributed by atoms with Gasteiger partial charge < -0.3 is 10.1 Å². The van der Waals surface area contributed by atoms with Crippen LogP contribution in [0.25, 0.3) is 0 Å². The van der Waals surface area contributed by atoms with E-state index in [9.17, 15) is 4.39 Å². The largest absolute Gasteiger partial charge is 0.494 e. The Bertz CT molecular complexity index is 510. The fraction of sp³-hybridized carbons (Fsp3) is 0.250. The molecule has 19 heavy (non-hydrogen) atoms. The molecule has 0 heterocycles. The molecule has 0 aliphatic rings. The topological polar surface area (TPSA) is 21.3 Å². The zero-order chi connectivity index (χ0) is 13.5. The van der Waals surface area contributed by atoms with Gasteiger partial charge >= 0.3 is 0 Å². The summed E-state index contributed by atoms with van der Waals surface area (Å²) >= 11 is 0. The minimum Gasteiger partial charge on any atom is -0.494 e. The second-order valence-corrected chi connectivity index (χ2v) is 4.42. The van der Waals surface area contributed by atoms with Gasteiger partial charge in [0.25, 0.3) is 0 Å². The number of rotatable bonds is 6. The van der Waals surface area contributed by atoms with Gasteiger partial charge in [0, 0.05) is 6.54 Å². The van der Waals surface area contributed by atoms with Crippen LogP contribution in [-0.2, 0) is 0 Å². The lowest BCUT2D eigenvalue weighted by Crippen LogP contribution is -2.08. The molecule has 2 aromatic rings. The molecule has 2 aromatic carbocycles. The average Bonchev–Trinajstić information content (AvgIpc) is 2.42. The van der Waals surface area contributed by atoms with Gasteiger partial charge in [-0.2, -0.15) is 0 Å². The van der Waals surface area contributed by atoms with E-state index in [2.05, 4.69) is 5.32 Å². The smallest absolute Gasteiger partial charge is 0.146 e. The molecule has 2 rings (SSSR count). The highest BCUT2D eigenvalue weighted by atomic mass is 19.1. The molecule has 0 aliphatic carbocycles. The van der Waals surface area contributed by atoms with Gasteiger partial charge in [-0.25, -0.2) is 4.39 Å². The summed E-state index contributed by atoms with van der Waals surface area (Å²) < 4.78 is 18.9. The number of para-hydroxylation sites is 1. The SMILES string of the molecule is Cc1ccc(OCCCNc2ccccc2F)cc1. The first-order valence-electron chi connectivity index (χ1n) is 6.43. The van der Waals surface area contributed by atoms with E-state index in [0.29, 0.717) is 18.8 Å². The molecule has 0 spiro atoms. The minimum absolute atomic E-state index is 0.220. The molecule has 0 unspecified atom stereocenters. The number of benzene rings is 2. The average molecular weight is 259 g/mol. The van der Waals surface area contributed by atoms with E-state index in [0.717, 1.165) is 12.2 Å². The first kappa shape index (κ1) is 13.4. The van der Waals surface area contributed by atoms with Crippen molar-refractivity contribution in [1.29, 1.82) is 0 Å². The number of aryl methyl sites for hydroxylation is 1. The lowest BCUT2D eigenvalue weighted by atomic mass is 10.2. The molecule has 0 atom stereocenters. The standard InChI is InChI=1S/C16H18FNO/c1-13-7-9-14(10-8-13)19-12-4-11-18-16-6-3-2-5-15(16)17/h2-3,5-10,18H,4,11-12H2,1H3. The molecular formula is C16H18FNO. The van der Waals surface area contributed by atoms with Gasteiger partial charge in [0.2, 0.25) is 0 Å². The molecule has 0 bridgehead atoms. The zero-order valence-electron chi connectivity index (χ0n) is 11.0. The summed E-state index contributed by atoms with van der Waals surface area (Å²) in [6, 6.07) is 14.6. The van der Waals surface area contributed by atoms with Crippen LogP contribution in [-0.4, -0.2) is 13.2 Å². The lowest BCUT2D eigenvalue weighted by Gasteiger charge is -2.09. The Balaban J connectivity index is 1.67. The van der Waals surface area contributed by atoms with Crippen molar-refractivity contribution in [1.82, 2.24) is 0 Å². The lowest BCUT2D eigenvalue weighted by molar-refractivity contribution is 0.315. The van der Waals surface area contributed by atoms with Crippen molar-refractivity contribution in [3.63, 3.8) is 0 Å². The molecule has 0 fully saturated rings. The van der Waals surface area contributed by atoms with Crippen molar-refractivity contribution in [2.24, 2.45) is 0 Å². The quantitative estimate of drug-likeness (QED) is 0.791. The van der Waals surface area contributed by atoms with Crippen molar-refractivity contribution in [3.8, 4) is 5.75 Å². The fourth-order valence-corrected chi connectivity index (χ4v) is 1.72. The van der Waals surface area contributed by atoms with Crippen LogP contribution in [0.3, 0.4) is 0 Å². The summed E-state index contributed by atoms with van der Waals surface area (Å²) in [4.78, 5) is 0. The number of ether oxygens (including phenoxy) is 1. The van der Waals surface area contributed by atoms with E-state index in [1.165, 1.54) is 11.6 Å². The third kappa shape index (κ3) is 4.28. The molecule has 0 radical (unpaired) electrons. The summed E-state index contributed by atoms with van der Waals surface area (Å²) in [7, 11) is 0. The molecule has 0 saturated heterocycles. The van der Waals surface area contributed by atoms with Crippen LogP contribution in [0.4, 0.5) is 10.1 Å². The van der Waals surface area contributed by atoms with E-state index in [-0.39, 0.29) is 5.82 Å². The van der Waals surface area contributed by atoms with Crippen LogP contribution in [0.5, 0.6) is 5.75 Å². The normalized spacial score (nSPS) is 10.2. The maximum Gasteiger partial charge on any atom is 0.146 e. The molecule has 0 aromatic heterocycles. The van der Waals surface area contributed by atoms with E-state index < -0.39 is 0 Å². The summed E-state index contributed by atoms with van der Waals surface area (Å²) in [5, 5.41) is 3.05. The molecule has 1 N–H and O–H groups in total. The molecule has 3 heteroatoms. The Hall–Kier alpha value is -2.03. The van der Waals surface area contributed by atoms with Crippen LogP contribution in [0, 0.1) is 12.7 Å². The second kappa shape index (κ2) is 6.78. The van der Waals surface area contributed by atoms with Gasteiger partial charge in [-0.1, -0.05) is 29.8 Å². The van der Waals surface area contributed by atoms with Crippen LogP contribution in [0.1, 0.15) is 12.0 Å². The summed E-state index contributed by atoms with van der Waals surface area (Å²) in [5.74, 6) is 0.651. The van der Waals surface area contributed by atoms with Crippen molar-refractivity contribution in [2.45, 2.75) is 13.3 Å². The van der Waals surface area contributed by atoms with Crippen LogP contribution in [0.15, 0.2) is 48.5 Å². The van der Waals surface area contributed by atoms with E-state index in [1.54, 1.807) is 12.1 Å². The first-order chi connectivity index (χ1) is 9.25. The van der Waals surface area contributed by atoms with Gasteiger partial charge in [-0.05, 0) is 37.6 Å². The van der Waals surface area contributed by atoms with Crippen LogP contribution in [0.2, 0.25) is 0 Å². The highest BCUT2D eigenvalue weighted by molar-refractivity contribution is 5.44. The third-order valence-corrected chi connectivity index (χ3v) is 2.80. The van der Waals surface area contributed by atoms with E-state index in [1.807, 2.05) is 37.3 Å². The van der Waals surface area contributed by atoms with Gasteiger partial charge in [0.05, 0.1) is 12.3 Å². The van der Waals surface area contributed by atoms with E-state index in [4.69, 9.17) is 4.74 Å². The molecule has 0 amide bonds. The third-order valence-electron chi connectivity index (χ3n) is 2.80. The predicted octanol–water partition coefficient (Wildman–Crippen LogP) is 4.02. The maximum atomic E-state index is 13.3. The minimum atomic E-state index is -0.220. The van der Waals surface area contributed by atoms with Crippen LogP contribution < -0.4 is 10.1 Å². The summed E-state index contributed by atoms with van der Waals surface area (Å²) in [5.41, 5.74) is 1.76. The van der Waals surface area contributed by atoms with E-state index >= 15 is 0 Å². The number of hydrogen-bond donors (Lipinski definition) is 1. The van der Waals surface area contributed by atoms with Gasteiger partial charge in [-0.15, -0.1) is 0 Å². The second-order valence-electron chi connectivity index (χ2n) is 4.42. The summed E-state index contributed by atoms with van der Waals surface area (Å²) in [6.07, 6.45) is 0.822. The van der Waals surface area contributed by atoms with Crippen molar-refractivity contribution < 1.29 is 9.13 Å². The zero-order valence-corrected chi connectivity index (χ0v) is 11.0. The summed E-state index contributed by atoms with van der Waals surface area (Å²) in [6.45, 7) is 3.35. The van der Waals surface area contributed by atoms with Crippen molar-refractivity contribution in [2.75, 3.05) is 18.5 Å². The van der Waals surface area contributed by atoms with Crippen molar-refractivity contribution >= 4 is 5.69 Å². The molecule has 2 nitrogen and oxygen atoms in total. The monoisotopic (exact) mass is 259 g/mol. The number of nitrogens with one attached hydrogen (secondary N) is 1. The fourth-order valence-electron chi connectivity index (χ4n) is 1.72. The first-order valence-corrected chi connectivity index (χ1v) is 6.43. The Morgan fingerprint density at radius 1 is 1.05 bits per heavy atom. The van der Waals surface area contributed by atoms with Gasteiger partial charge in [0.1, 0.15) is 11.6 Å². The Labute approximate surface area is 113 Å². The highest BCUT2D eigenvalue weighted by Gasteiger charge is 1.98. The Kier molecular flexibility index (Phi) is 4.78. The van der Waals surface area contributed by atoms with Gasteiger partial charge in [0.15, 0.2) is 0 Å². The predicted molar refractivity (Wildman–Crippen MR) is 76.2 cm³/mol. The van der Waals surface area contributed by atoms with Crippen LogP contribution >= 0.6 is 0 Å². The van der Waals surface area contributed by atoms with Crippen molar-refractivity contribution in [3.05, 3.63) is 59.9 Å². The molecule has 100 valence electrons. The number of halogens is 1. The van der Waals surface area contributed by atoms with Gasteiger partial charge in [-0.3, -0.25) is 0 Å². The Morgan fingerprint density at radius 3 is 2.53 bits per heavy atom.